The number of hydrogen-bond acceptors (Lipinski definition) is 2. The van der Waals surface area contributed by atoms with Gasteiger partial charge in [0.1, 0.15) is 5.82 Å². The standard InChI is InChI=1S/C14H10IN3/c15-11-4-5-12-13(8-11)18-14(17-12)6-3-10-2-1-7-16-9-10/h1-9H,(H,17,18)/b6-3+. The lowest BCUT2D eigenvalue weighted by Gasteiger charge is -1.89. The molecule has 3 aromatic rings. The van der Waals surface area contributed by atoms with Gasteiger partial charge < -0.3 is 4.98 Å². The van der Waals surface area contributed by atoms with Crippen molar-refractivity contribution in [2.24, 2.45) is 0 Å². The molecule has 0 unspecified atom stereocenters. The van der Waals surface area contributed by atoms with E-state index in [9.17, 15) is 0 Å². The largest absolute Gasteiger partial charge is 0.338 e. The zero-order valence-electron chi connectivity index (χ0n) is 9.47. The second-order valence-electron chi connectivity index (χ2n) is 3.90. The molecule has 0 amide bonds. The van der Waals surface area contributed by atoms with Gasteiger partial charge in [-0.3, -0.25) is 4.98 Å². The first-order valence-electron chi connectivity index (χ1n) is 5.55. The predicted molar refractivity (Wildman–Crippen MR) is 82.0 cm³/mol. The third-order valence-electron chi connectivity index (χ3n) is 2.58. The van der Waals surface area contributed by atoms with E-state index in [1.54, 1.807) is 6.20 Å². The van der Waals surface area contributed by atoms with Gasteiger partial charge in [-0.05, 0) is 64.6 Å². The van der Waals surface area contributed by atoms with Crippen LogP contribution in [0.3, 0.4) is 0 Å². The van der Waals surface area contributed by atoms with E-state index in [-0.39, 0.29) is 0 Å². The molecule has 1 aromatic carbocycles. The fourth-order valence-electron chi connectivity index (χ4n) is 1.73. The molecule has 0 saturated heterocycles. The van der Waals surface area contributed by atoms with Gasteiger partial charge in [0.2, 0.25) is 0 Å². The molecule has 0 saturated carbocycles. The molecular formula is C14H10IN3. The van der Waals surface area contributed by atoms with Gasteiger partial charge in [-0.15, -0.1) is 0 Å². The third kappa shape index (κ3) is 2.43. The fraction of sp³-hybridized carbons (Fsp3) is 0. The van der Waals surface area contributed by atoms with E-state index in [4.69, 9.17) is 0 Å². The summed E-state index contributed by atoms with van der Waals surface area (Å²) in [6.07, 6.45) is 7.54. The van der Waals surface area contributed by atoms with Crippen molar-refractivity contribution in [1.82, 2.24) is 15.0 Å². The van der Waals surface area contributed by atoms with Crippen molar-refractivity contribution in [3.8, 4) is 0 Å². The number of benzene rings is 1. The third-order valence-corrected chi connectivity index (χ3v) is 3.25. The van der Waals surface area contributed by atoms with E-state index < -0.39 is 0 Å². The number of aromatic nitrogens is 3. The maximum Gasteiger partial charge on any atom is 0.131 e. The molecule has 1 N–H and O–H groups in total. The molecule has 0 aliphatic rings. The Balaban J connectivity index is 1.93. The van der Waals surface area contributed by atoms with Crippen LogP contribution in [0, 0.1) is 3.57 Å². The SMILES string of the molecule is Ic1ccc2nc(/C=C/c3cccnc3)[nH]c2c1. The van der Waals surface area contributed by atoms with Gasteiger partial charge in [0, 0.05) is 16.0 Å². The van der Waals surface area contributed by atoms with Gasteiger partial charge in [0.05, 0.1) is 11.0 Å². The summed E-state index contributed by atoms with van der Waals surface area (Å²) in [6, 6.07) is 10.1. The number of nitrogens with one attached hydrogen (secondary N) is 1. The molecule has 0 bridgehead atoms. The van der Waals surface area contributed by atoms with Crippen LogP contribution >= 0.6 is 22.6 Å². The van der Waals surface area contributed by atoms with Crippen LogP contribution in [-0.2, 0) is 0 Å². The highest BCUT2D eigenvalue weighted by Crippen LogP contribution is 2.16. The quantitative estimate of drug-likeness (QED) is 0.718. The van der Waals surface area contributed by atoms with Crippen LogP contribution < -0.4 is 0 Å². The van der Waals surface area contributed by atoms with Crippen molar-refractivity contribution in [3.05, 3.63) is 57.7 Å². The molecule has 3 nitrogen and oxygen atoms in total. The smallest absolute Gasteiger partial charge is 0.131 e. The molecular weight excluding hydrogens is 337 g/mol. The van der Waals surface area contributed by atoms with Crippen LogP contribution in [0.2, 0.25) is 0 Å². The minimum Gasteiger partial charge on any atom is -0.338 e. The zero-order chi connectivity index (χ0) is 12.4. The van der Waals surface area contributed by atoms with Gasteiger partial charge in [0.15, 0.2) is 0 Å². The van der Waals surface area contributed by atoms with Crippen molar-refractivity contribution in [2.45, 2.75) is 0 Å². The molecule has 0 radical (unpaired) electrons. The van der Waals surface area contributed by atoms with Crippen LogP contribution in [0.5, 0.6) is 0 Å². The topological polar surface area (TPSA) is 41.6 Å². The molecule has 3 rings (SSSR count). The van der Waals surface area contributed by atoms with Crippen molar-refractivity contribution >= 4 is 45.8 Å². The Labute approximate surface area is 118 Å². The normalized spacial score (nSPS) is 11.4. The van der Waals surface area contributed by atoms with Gasteiger partial charge in [-0.1, -0.05) is 6.07 Å². The van der Waals surface area contributed by atoms with E-state index in [2.05, 4.69) is 49.7 Å². The molecule has 2 aromatic heterocycles. The summed E-state index contributed by atoms with van der Waals surface area (Å²) >= 11 is 2.29. The van der Waals surface area contributed by atoms with E-state index in [1.165, 1.54) is 3.57 Å². The van der Waals surface area contributed by atoms with Gasteiger partial charge in [-0.25, -0.2) is 4.98 Å². The number of pyridine rings is 1. The van der Waals surface area contributed by atoms with E-state index in [1.807, 2.05) is 36.5 Å². The van der Waals surface area contributed by atoms with E-state index in [0.717, 1.165) is 22.4 Å². The number of fused-ring (bicyclic) bond motifs is 1. The van der Waals surface area contributed by atoms with Crippen LogP contribution in [0.1, 0.15) is 11.4 Å². The number of halogens is 1. The van der Waals surface area contributed by atoms with Crippen LogP contribution in [0.4, 0.5) is 0 Å². The summed E-state index contributed by atoms with van der Waals surface area (Å²) < 4.78 is 1.20. The number of H-pyrrole nitrogens is 1. The zero-order valence-corrected chi connectivity index (χ0v) is 11.6. The lowest BCUT2D eigenvalue weighted by Crippen LogP contribution is -1.76. The first kappa shape index (κ1) is 11.4. The minimum absolute atomic E-state index is 0.857. The van der Waals surface area contributed by atoms with Crippen LogP contribution in [-0.4, -0.2) is 15.0 Å². The van der Waals surface area contributed by atoms with Crippen molar-refractivity contribution in [3.63, 3.8) is 0 Å². The molecule has 0 spiro atoms. The Morgan fingerprint density at radius 3 is 2.94 bits per heavy atom. The molecule has 2 heterocycles. The van der Waals surface area contributed by atoms with Gasteiger partial charge in [-0.2, -0.15) is 0 Å². The molecule has 88 valence electrons. The highest BCUT2D eigenvalue weighted by atomic mass is 127. The average molecular weight is 347 g/mol. The summed E-state index contributed by atoms with van der Waals surface area (Å²) in [6.45, 7) is 0. The summed E-state index contributed by atoms with van der Waals surface area (Å²) in [4.78, 5) is 11.9. The van der Waals surface area contributed by atoms with Crippen molar-refractivity contribution in [2.75, 3.05) is 0 Å². The number of hydrogen-bond donors (Lipinski definition) is 1. The van der Waals surface area contributed by atoms with Crippen LogP contribution in [0.25, 0.3) is 23.2 Å². The van der Waals surface area contributed by atoms with Crippen molar-refractivity contribution < 1.29 is 0 Å². The highest BCUT2D eigenvalue weighted by molar-refractivity contribution is 14.1. The van der Waals surface area contributed by atoms with Gasteiger partial charge >= 0.3 is 0 Å². The molecule has 4 heteroatoms. The first-order valence-corrected chi connectivity index (χ1v) is 6.62. The Kier molecular flexibility index (Phi) is 3.10. The molecule has 0 aliphatic heterocycles. The minimum atomic E-state index is 0.857. The number of aromatic amines is 1. The average Bonchev–Trinajstić information content (AvgIpc) is 2.79. The highest BCUT2D eigenvalue weighted by Gasteiger charge is 2.00. The fourth-order valence-corrected chi connectivity index (χ4v) is 2.22. The predicted octanol–water partition coefficient (Wildman–Crippen LogP) is 3.73. The molecule has 0 atom stereocenters. The summed E-state index contributed by atoms with van der Waals surface area (Å²) in [5.41, 5.74) is 3.11. The maximum atomic E-state index is 4.50. The summed E-state index contributed by atoms with van der Waals surface area (Å²) in [5.74, 6) is 0.857. The monoisotopic (exact) mass is 347 g/mol. The summed E-state index contributed by atoms with van der Waals surface area (Å²) in [5, 5.41) is 0. The molecule has 0 aliphatic carbocycles. The Hall–Kier alpha value is -1.69. The molecule has 0 fully saturated rings. The number of imidazole rings is 1. The Morgan fingerprint density at radius 2 is 2.11 bits per heavy atom. The van der Waals surface area contributed by atoms with Crippen molar-refractivity contribution in [1.29, 1.82) is 0 Å². The Morgan fingerprint density at radius 1 is 1.17 bits per heavy atom. The summed E-state index contributed by atoms with van der Waals surface area (Å²) in [7, 11) is 0. The number of rotatable bonds is 2. The Bertz CT molecular complexity index is 701. The second kappa shape index (κ2) is 4.89. The number of nitrogens with zero attached hydrogens (tertiary/aromatic N) is 2. The van der Waals surface area contributed by atoms with Crippen LogP contribution in [0.15, 0.2) is 42.7 Å². The second-order valence-corrected chi connectivity index (χ2v) is 5.15. The lowest BCUT2D eigenvalue weighted by atomic mass is 10.2. The van der Waals surface area contributed by atoms with E-state index in [0.29, 0.717) is 0 Å². The molecule has 18 heavy (non-hydrogen) atoms. The maximum absolute atomic E-state index is 4.50. The van der Waals surface area contributed by atoms with Gasteiger partial charge in [0.25, 0.3) is 0 Å². The lowest BCUT2D eigenvalue weighted by molar-refractivity contribution is 1.29. The van der Waals surface area contributed by atoms with E-state index >= 15 is 0 Å². The first-order chi connectivity index (χ1) is 8.81.